The number of anilines is 3. The fraction of sp³-hybridized carbons (Fsp3) is 0. The molecule has 0 unspecified atom stereocenters. The van der Waals surface area contributed by atoms with Crippen molar-refractivity contribution in [3.8, 4) is 0 Å². The van der Waals surface area contributed by atoms with E-state index < -0.39 is 0 Å². The average Bonchev–Trinajstić information content (AvgIpc) is 3.75. The van der Waals surface area contributed by atoms with Crippen LogP contribution in [-0.2, 0) is 0 Å². The maximum Gasteiger partial charge on any atom is 0.145 e. The van der Waals surface area contributed by atoms with Gasteiger partial charge < -0.3 is 13.7 Å². The van der Waals surface area contributed by atoms with Crippen molar-refractivity contribution in [2.45, 2.75) is 0 Å². The molecule has 0 amide bonds. The maximum absolute atomic E-state index is 6.61. The van der Waals surface area contributed by atoms with Crippen LogP contribution in [-0.4, -0.2) is 0 Å². The Morgan fingerprint density at radius 2 is 1.07 bits per heavy atom. The number of para-hydroxylation sites is 2. The van der Waals surface area contributed by atoms with Crippen molar-refractivity contribution in [2.24, 2.45) is 0 Å². The Labute approximate surface area is 255 Å². The highest BCUT2D eigenvalue weighted by molar-refractivity contribution is 7.25. The molecular weight excluding hydrogens is 559 g/mol. The number of benzene rings is 7. The van der Waals surface area contributed by atoms with E-state index in [9.17, 15) is 0 Å². The minimum absolute atomic E-state index is 0.866. The minimum atomic E-state index is 0.866. The first-order valence-electron chi connectivity index (χ1n) is 14.8. The Balaban J connectivity index is 1.29. The van der Waals surface area contributed by atoms with Crippen molar-refractivity contribution < 1.29 is 8.83 Å². The summed E-state index contributed by atoms with van der Waals surface area (Å²) in [5.74, 6) is 0. The van der Waals surface area contributed by atoms with Crippen LogP contribution < -0.4 is 4.90 Å². The Bertz CT molecular complexity index is 2630. The summed E-state index contributed by atoms with van der Waals surface area (Å²) in [6.45, 7) is 0. The SMILES string of the molecule is c1cc(N(c2ccc3c(c2)oc2ccccc23)c2ccc3c(c2)sc2ccccc23)c2c(c1)ccc1c3ccccc3oc12. The van der Waals surface area contributed by atoms with Crippen LogP contribution in [0.15, 0.2) is 148 Å². The van der Waals surface area contributed by atoms with Gasteiger partial charge in [-0.1, -0.05) is 78.9 Å². The van der Waals surface area contributed by atoms with Crippen molar-refractivity contribution in [2.75, 3.05) is 4.90 Å². The van der Waals surface area contributed by atoms with E-state index in [1.54, 1.807) is 0 Å². The van der Waals surface area contributed by atoms with Gasteiger partial charge in [-0.25, -0.2) is 0 Å². The topological polar surface area (TPSA) is 29.5 Å². The zero-order valence-electron chi connectivity index (χ0n) is 23.5. The van der Waals surface area contributed by atoms with Gasteiger partial charge in [0.25, 0.3) is 0 Å². The second-order valence-corrected chi connectivity index (χ2v) is 12.4. The quantitative estimate of drug-likeness (QED) is 0.208. The van der Waals surface area contributed by atoms with Crippen LogP contribution in [0.2, 0.25) is 0 Å². The van der Waals surface area contributed by atoms with Gasteiger partial charge in [0.15, 0.2) is 0 Å². The van der Waals surface area contributed by atoms with E-state index in [0.29, 0.717) is 0 Å². The van der Waals surface area contributed by atoms with Crippen molar-refractivity contribution in [1.82, 2.24) is 0 Å². The summed E-state index contributed by atoms with van der Waals surface area (Å²) in [4.78, 5) is 2.35. The number of hydrogen-bond acceptors (Lipinski definition) is 4. The molecule has 10 aromatic rings. The summed E-state index contributed by atoms with van der Waals surface area (Å²) >= 11 is 1.83. The van der Waals surface area contributed by atoms with E-state index in [1.807, 2.05) is 35.6 Å². The second-order valence-electron chi connectivity index (χ2n) is 11.3. The number of furan rings is 2. The van der Waals surface area contributed by atoms with E-state index in [1.165, 1.54) is 20.2 Å². The standard InChI is InChI=1S/C40H23NO2S/c1-4-13-34-27(9-1)29-20-17-25(22-36(29)42-34)41(26-18-21-31-30-11-3-6-15-37(30)44-38(31)23-26)33-12-7-8-24-16-19-32-28-10-2-5-14-35(28)43-40(32)39(24)33/h1-23H. The predicted octanol–water partition coefficient (Wildman–Crippen LogP) is 12.5. The van der Waals surface area contributed by atoms with Crippen LogP contribution in [0.25, 0.3) is 74.8 Å². The molecule has 0 saturated carbocycles. The van der Waals surface area contributed by atoms with Gasteiger partial charge in [0.05, 0.1) is 5.69 Å². The van der Waals surface area contributed by atoms with E-state index in [2.05, 4.69) is 120 Å². The van der Waals surface area contributed by atoms with Gasteiger partial charge in [0.2, 0.25) is 0 Å². The summed E-state index contributed by atoms with van der Waals surface area (Å²) in [7, 11) is 0. The van der Waals surface area contributed by atoms with Crippen LogP contribution >= 0.6 is 11.3 Å². The summed E-state index contributed by atoms with van der Waals surface area (Å²) in [5.41, 5.74) is 6.72. The summed E-state index contributed by atoms with van der Waals surface area (Å²) in [6, 6.07) is 49.4. The molecule has 44 heavy (non-hydrogen) atoms. The summed E-state index contributed by atoms with van der Waals surface area (Å²) in [6.07, 6.45) is 0. The molecule has 0 N–H and O–H groups in total. The highest BCUT2D eigenvalue weighted by Gasteiger charge is 2.21. The largest absolute Gasteiger partial charge is 0.456 e. The molecule has 0 radical (unpaired) electrons. The Hall–Kier alpha value is -5.58. The lowest BCUT2D eigenvalue weighted by molar-refractivity contribution is 0.669. The maximum atomic E-state index is 6.61. The lowest BCUT2D eigenvalue weighted by atomic mass is 10.0. The van der Waals surface area contributed by atoms with E-state index in [4.69, 9.17) is 8.83 Å². The van der Waals surface area contributed by atoms with E-state index in [-0.39, 0.29) is 0 Å². The molecule has 0 fully saturated rings. The third-order valence-corrected chi connectivity index (χ3v) is 9.98. The third-order valence-electron chi connectivity index (χ3n) is 8.85. The molecule has 3 heterocycles. The van der Waals surface area contributed by atoms with E-state index in [0.717, 1.165) is 71.7 Å². The molecule has 7 aromatic carbocycles. The molecule has 0 aliphatic heterocycles. The molecule has 3 aromatic heterocycles. The number of thiophene rings is 1. The lowest BCUT2D eigenvalue weighted by Gasteiger charge is -2.27. The molecule has 10 rings (SSSR count). The van der Waals surface area contributed by atoms with Crippen molar-refractivity contribution >= 4 is 103 Å². The van der Waals surface area contributed by atoms with Crippen LogP contribution in [0.3, 0.4) is 0 Å². The van der Waals surface area contributed by atoms with Gasteiger partial charge in [-0.2, -0.15) is 0 Å². The van der Waals surface area contributed by atoms with Gasteiger partial charge >= 0.3 is 0 Å². The lowest BCUT2D eigenvalue weighted by Crippen LogP contribution is -2.10. The van der Waals surface area contributed by atoms with Gasteiger partial charge in [0, 0.05) is 64.5 Å². The molecule has 4 heteroatoms. The van der Waals surface area contributed by atoms with Gasteiger partial charge in [0.1, 0.15) is 22.3 Å². The number of hydrogen-bond donors (Lipinski definition) is 0. The van der Waals surface area contributed by atoms with Crippen molar-refractivity contribution in [3.63, 3.8) is 0 Å². The number of nitrogens with zero attached hydrogens (tertiary/aromatic N) is 1. The summed E-state index contributed by atoms with van der Waals surface area (Å²) in [5, 5.41) is 9.27. The minimum Gasteiger partial charge on any atom is -0.456 e. The zero-order chi connectivity index (χ0) is 28.8. The molecule has 0 aliphatic rings. The van der Waals surface area contributed by atoms with Crippen LogP contribution in [0.1, 0.15) is 0 Å². The Morgan fingerprint density at radius 1 is 0.432 bits per heavy atom. The predicted molar refractivity (Wildman–Crippen MR) is 186 cm³/mol. The Morgan fingerprint density at radius 3 is 1.93 bits per heavy atom. The first kappa shape index (κ1) is 23.9. The molecule has 206 valence electrons. The monoisotopic (exact) mass is 581 g/mol. The fourth-order valence-electron chi connectivity index (χ4n) is 6.85. The van der Waals surface area contributed by atoms with Crippen LogP contribution in [0, 0.1) is 0 Å². The molecule has 0 aliphatic carbocycles. The first-order valence-corrected chi connectivity index (χ1v) is 15.6. The summed E-state index contributed by atoms with van der Waals surface area (Å²) < 4.78 is 15.5. The van der Waals surface area contributed by atoms with Gasteiger partial charge in [-0.3, -0.25) is 0 Å². The number of rotatable bonds is 3. The second kappa shape index (κ2) is 8.96. The first-order chi connectivity index (χ1) is 21.8. The van der Waals surface area contributed by atoms with Gasteiger partial charge in [-0.15, -0.1) is 11.3 Å². The molecule has 0 spiro atoms. The Kier molecular flexibility index (Phi) is 4.87. The third kappa shape index (κ3) is 3.37. The normalized spacial score (nSPS) is 12.1. The van der Waals surface area contributed by atoms with Crippen molar-refractivity contribution in [1.29, 1.82) is 0 Å². The van der Waals surface area contributed by atoms with E-state index >= 15 is 0 Å². The number of fused-ring (bicyclic) bond motifs is 11. The highest BCUT2D eigenvalue weighted by atomic mass is 32.1. The molecule has 3 nitrogen and oxygen atoms in total. The zero-order valence-corrected chi connectivity index (χ0v) is 24.3. The molecular formula is C40H23NO2S. The molecule has 0 bridgehead atoms. The highest BCUT2D eigenvalue weighted by Crippen LogP contribution is 2.46. The van der Waals surface area contributed by atoms with Crippen LogP contribution in [0.4, 0.5) is 17.1 Å². The fourth-order valence-corrected chi connectivity index (χ4v) is 7.99. The smallest absolute Gasteiger partial charge is 0.145 e. The van der Waals surface area contributed by atoms with Crippen LogP contribution in [0.5, 0.6) is 0 Å². The molecule has 0 atom stereocenters. The molecule has 0 saturated heterocycles. The average molecular weight is 582 g/mol. The van der Waals surface area contributed by atoms with Crippen molar-refractivity contribution in [3.05, 3.63) is 140 Å². The van der Waals surface area contributed by atoms with Gasteiger partial charge in [-0.05, 0) is 60.0 Å².